The molecule has 2 aliphatic carbocycles. The molecule has 0 saturated carbocycles. The van der Waals surface area contributed by atoms with Crippen molar-refractivity contribution in [2.75, 3.05) is 0 Å². The standard InChI is InChI=1S/C54H29NS/c1-2-15-34-33(14-1)38-22-10-21-37-32(26-27-42(34)48(37)38)30-12-9-13-31(28-30)55-52-44-24-11-23-39-35-16-3-4-17-36(35)45(49(39)44)29-46(52)50-40-18-5-6-19-41(40)51-43-20-7-8-25-47(43)56-54(51)53(50)55/h1-29H. The first-order valence-electron chi connectivity index (χ1n) is 19.4. The predicted octanol–water partition coefficient (Wildman–Crippen LogP) is 15.6. The van der Waals surface area contributed by atoms with Crippen LogP contribution in [0.15, 0.2) is 176 Å². The topological polar surface area (TPSA) is 4.93 Å². The molecule has 1 nitrogen and oxygen atoms in total. The van der Waals surface area contributed by atoms with Gasteiger partial charge in [-0.2, -0.15) is 0 Å². The molecule has 2 aliphatic rings. The Morgan fingerprint density at radius 2 is 0.839 bits per heavy atom. The zero-order valence-corrected chi connectivity index (χ0v) is 30.9. The molecule has 2 aromatic heterocycles. The van der Waals surface area contributed by atoms with Crippen molar-refractivity contribution in [1.29, 1.82) is 0 Å². The minimum Gasteiger partial charge on any atom is -0.307 e. The highest BCUT2D eigenvalue weighted by atomic mass is 32.1. The summed E-state index contributed by atoms with van der Waals surface area (Å²) in [6.07, 6.45) is 0. The maximum Gasteiger partial charge on any atom is 0.0726 e. The summed E-state index contributed by atoms with van der Waals surface area (Å²) in [7, 11) is 0. The predicted molar refractivity (Wildman–Crippen MR) is 240 cm³/mol. The molecule has 56 heavy (non-hydrogen) atoms. The summed E-state index contributed by atoms with van der Waals surface area (Å²) in [5, 5.41) is 13.2. The summed E-state index contributed by atoms with van der Waals surface area (Å²) < 4.78 is 5.29. The average molecular weight is 724 g/mol. The molecule has 0 atom stereocenters. The van der Waals surface area contributed by atoms with Gasteiger partial charge < -0.3 is 4.57 Å². The summed E-state index contributed by atoms with van der Waals surface area (Å²) >= 11 is 1.93. The maximum absolute atomic E-state index is 2.63. The Labute approximate surface area is 325 Å². The van der Waals surface area contributed by atoms with Crippen LogP contribution in [0.25, 0.3) is 136 Å². The van der Waals surface area contributed by atoms with Gasteiger partial charge in [-0.05, 0) is 107 Å². The molecule has 14 rings (SSSR count). The Bertz CT molecular complexity index is 3730. The van der Waals surface area contributed by atoms with E-state index in [1.807, 2.05) is 11.3 Å². The number of aromatic nitrogens is 1. The van der Waals surface area contributed by atoms with Gasteiger partial charge in [0.1, 0.15) is 0 Å². The fraction of sp³-hybridized carbons (Fsp3) is 0. The lowest BCUT2D eigenvalue weighted by Gasteiger charge is -2.15. The summed E-state index contributed by atoms with van der Waals surface area (Å²) in [5.74, 6) is 0. The fourth-order valence-corrected chi connectivity index (χ4v) is 11.9. The molecular weight excluding hydrogens is 695 g/mol. The number of fused-ring (bicyclic) bond motifs is 17. The zero-order valence-electron chi connectivity index (χ0n) is 30.1. The molecule has 2 heterocycles. The van der Waals surface area contributed by atoms with Gasteiger partial charge in [0.05, 0.1) is 15.7 Å². The van der Waals surface area contributed by atoms with Gasteiger partial charge in [-0.25, -0.2) is 0 Å². The average Bonchev–Trinajstić information content (AvgIpc) is 4.00. The van der Waals surface area contributed by atoms with Crippen LogP contribution in [-0.2, 0) is 0 Å². The number of rotatable bonds is 2. The molecule has 0 amide bonds. The van der Waals surface area contributed by atoms with E-state index < -0.39 is 0 Å². The van der Waals surface area contributed by atoms with Gasteiger partial charge in [-0.3, -0.25) is 0 Å². The second kappa shape index (κ2) is 10.4. The van der Waals surface area contributed by atoms with Crippen LogP contribution >= 0.6 is 11.3 Å². The Kier molecular flexibility index (Phi) is 5.45. The Morgan fingerprint density at radius 1 is 0.304 bits per heavy atom. The third-order valence-electron chi connectivity index (χ3n) is 12.8. The third-order valence-corrected chi connectivity index (χ3v) is 14.0. The third kappa shape index (κ3) is 3.52. The molecule has 0 aliphatic heterocycles. The Balaban J connectivity index is 1.16. The van der Waals surface area contributed by atoms with Crippen LogP contribution in [0.2, 0.25) is 0 Å². The highest BCUT2D eigenvalue weighted by molar-refractivity contribution is 7.27. The molecule has 0 fully saturated rings. The number of nitrogens with zero attached hydrogens (tertiary/aromatic N) is 1. The maximum atomic E-state index is 2.63. The van der Waals surface area contributed by atoms with Gasteiger partial charge in [0.25, 0.3) is 0 Å². The molecule has 0 spiro atoms. The molecule has 0 unspecified atom stereocenters. The molecule has 256 valence electrons. The Hall–Kier alpha value is -7.00. The molecule has 0 radical (unpaired) electrons. The number of hydrogen-bond acceptors (Lipinski definition) is 1. The quantitative estimate of drug-likeness (QED) is 0.167. The summed E-state index contributed by atoms with van der Waals surface area (Å²) in [5.41, 5.74) is 16.9. The van der Waals surface area contributed by atoms with E-state index >= 15 is 0 Å². The van der Waals surface area contributed by atoms with Crippen LogP contribution in [0.5, 0.6) is 0 Å². The lowest BCUT2D eigenvalue weighted by molar-refractivity contribution is 1.20. The van der Waals surface area contributed by atoms with Crippen molar-refractivity contribution in [3.05, 3.63) is 176 Å². The van der Waals surface area contributed by atoms with Gasteiger partial charge in [-0.15, -0.1) is 11.3 Å². The molecule has 2 heteroatoms. The summed E-state index contributed by atoms with van der Waals surface area (Å²) in [6.45, 7) is 0. The summed E-state index contributed by atoms with van der Waals surface area (Å²) in [4.78, 5) is 0. The molecular formula is C54H29NS. The second-order valence-corrected chi connectivity index (χ2v) is 16.5. The monoisotopic (exact) mass is 723 g/mol. The number of thiophene rings is 1. The minimum absolute atomic E-state index is 1.18. The van der Waals surface area contributed by atoms with Gasteiger partial charge in [0.15, 0.2) is 0 Å². The molecule has 0 bridgehead atoms. The molecule has 0 N–H and O–H groups in total. The first kappa shape index (κ1) is 29.4. The number of hydrogen-bond donors (Lipinski definition) is 0. The van der Waals surface area contributed by atoms with Gasteiger partial charge >= 0.3 is 0 Å². The van der Waals surface area contributed by atoms with E-state index in [2.05, 4.69) is 180 Å². The lowest BCUT2D eigenvalue weighted by Crippen LogP contribution is -1.96. The van der Waals surface area contributed by atoms with E-state index in [0.29, 0.717) is 0 Å². The first-order chi connectivity index (χ1) is 27.8. The second-order valence-electron chi connectivity index (χ2n) is 15.5. The van der Waals surface area contributed by atoms with Gasteiger partial charge in [0.2, 0.25) is 0 Å². The molecule has 12 aromatic rings. The smallest absolute Gasteiger partial charge is 0.0726 e. The van der Waals surface area contributed by atoms with E-state index in [9.17, 15) is 0 Å². The van der Waals surface area contributed by atoms with Crippen molar-refractivity contribution in [3.63, 3.8) is 0 Å². The van der Waals surface area contributed by atoms with Crippen molar-refractivity contribution < 1.29 is 0 Å². The van der Waals surface area contributed by atoms with Crippen molar-refractivity contribution in [2.24, 2.45) is 0 Å². The highest BCUT2D eigenvalue weighted by Gasteiger charge is 2.29. The first-order valence-corrected chi connectivity index (χ1v) is 20.3. The van der Waals surface area contributed by atoms with Gasteiger partial charge in [-0.1, -0.05) is 152 Å². The fourth-order valence-electron chi connectivity index (χ4n) is 10.7. The lowest BCUT2D eigenvalue weighted by atomic mass is 9.94. The van der Waals surface area contributed by atoms with Crippen LogP contribution in [0.3, 0.4) is 0 Å². The molecule has 10 aromatic carbocycles. The van der Waals surface area contributed by atoms with E-state index in [4.69, 9.17) is 0 Å². The van der Waals surface area contributed by atoms with Crippen molar-refractivity contribution in [3.8, 4) is 61.3 Å². The summed E-state index contributed by atoms with van der Waals surface area (Å²) in [6, 6.07) is 66.2. The van der Waals surface area contributed by atoms with E-state index in [-0.39, 0.29) is 0 Å². The number of benzene rings is 10. The van der Waals surface area contributed by atoms with Crippen LogP contribution in [0.4, 0.5) is 0 Å². The van der Waals surface area contributed by atoms with Crippen LogP contribution < -0.4 is 0 Å². The minimum atomic E-state index is 1.18. The normalized spacial score (nSPS) is 12.6. The molecule has 0 saturated heterocycles. The highest BCUT2D eigenvalue weighted by Crippen LogP contribution is 2.55. The van der Waals surface area contributed by atoms with E-state index in [1.165, 1.54) is 136 Å². The largest absolute Gasteiger partial charge is 0.307 e. The van der Waals surface area contributed by atoms with Crippen molar-refractivity contribution in [1.82, 2.24) is 4.57 Å². The van der Waals surface area contributed by atoms with Gasteiger partial charge in [0, 0.05) is 37.3 Å². The van der Waals surface area contributed by atoms with E-state index in [0.717, 1.165) is 0 Å². The van der Waals surface area contributed by atoms with Crippen LogP contribution in [-0.4, -0.2) is 4.57 Å². The van der Waals surface area contributed by atoms with Crippen molar-refractivity contribution >= 4 is 85.6 Å². The van der Waals surface area contributed by atoms with Crippen LogP contribution in [0.1, 0.15) is 0 Å². The van der Waals surface area contributed by atoms with E-state index in [1.54, 1.807) is 0 Å². The Morgan fingerprint density at radius 3 is 1.59 bits per heavy atom. The SMILES string of the molecule is c1cc(-c2ccc3c4c(cccc24)-c2ccccc2-3)cc(-n2c3c4cccc5c4c(cc3c3c4ccccc4c4c6ccccc6sc4c32)-c2ccccc2-5)c1. The van der Waals surface area contributed by atoms with Crippen LogP contribution in [0, 0.1) is 0 Å². The van der Waals surface area contributed by atoms with Crippen molar-refractivity contribution in [2.45, 2.75) is 0 Å². The zero-order chi connectivity index (χ0) is 36.2.